The molecule has 0 spiro atoms. The molecule has 2 fully saturated rings. The van der Waals surface area contributed by atoms with Gasteiger partial charge < -0.3 is 34.3 Å². The standard InChI is InChI=1S/C26H35N6O9P/c1-6-36-20-18-19(29-24(27)30-20)32(14-28-18)23-25(5)22(34)26(40-23,12-37-25)13-38-42(35,41-17-10-8-7-9-11-17)31-16(4)21(33)39-15(2)3/h7-11,14-16,22-23,34H,6,12-13H2,1-5H3,(H,31,35)(H2,27,29,30)/t16-,22-,23+,25+,26+,42?/m0/s1. The maximum absolute atomic E-state index is 14.0. The lowest BCUT2D eigenvalue weighted by atomic mass is 9.92. The molecule has 228 valence electrons. The number of nitrogen functional groups attached to an aromatic ring is 1. The number of carbonyl (C=O) groups is 1. The van der Waals surface area contributed by atoms with Crippen molar-refractivity contribution >= 4 is 30.8 Å². The van der Waals surface area contributed by atoms with Crippen molar-refractivity contribution in [1.82, 2.24) is 24.6 Å². The van der Waals surface area contributed by atoms with E-state index >= 15 is 0 Å². The van der Waals surface area contributed by atoms with E-state index in [9.17, 15) is 14.5 Å². The second kappa shape index (κ2) is 11.4. The molecular formula is C26H35N6O9P. The third-order valence-electron chi connectivity index (χ3n) is 6.95. The number of nitrogens with zero attached hydrogens (tertiary/aromatic N) is 4. The molecule has 2 saturated heterocycles. The van der Waals surface area contributed by atoms with Crippen molar-refractivity contribution in [3.8, 4) is 11.6 Å². The molecule has 5 rings (SSSR count). The monoisotopic (exact) mass is 606 g/mol. The summed E-state index contributed by atoms with van der Waals surface area (Å²) in [6, 6.07) is 7.30. The highest BCUT2D eigenvalue weighted by atomic mass is 31.2. The maximum Gasteiger partial charge on any atom is 0.459 e. The van der Waals surface area contributed by atoms with Crippen LogP contribution in [0.2, 0.25) is 0 Å². The number of nitrogens with one attached hydrogen (secondary N) is 1. The molecule has 0 saturated carbocycles. The Bertz CT molecular complexity index is 1490. The summed E-state index contributed by atoms with van der Waals surface area (Å²) in [5.41, 5.74) is 3.86. The summed E-state index contributed by atoms with van der Waals surface area (Å²) in [6.07, 6.45) is -1.07. The molecule has 2 aliphatic heterocycles. The molecule has 2 bridgehead atoms. The van der Waals surface area contributed by atoms with Gasteiger partial charge in [-0.1, -0.05) is 18.2 Å². The lowest BCUT2D eigenvalue weighted by Crippen LogP contribution is -2.46. The van der Waals surface area contributed by atoms with Crippen molar-refractivity contribution < 1.29 is 42.5 Å². The van der Waals surface area contributed by atoms with Gasteiger partial charge in [0.25, 0.3) is 0 Å². The zero-order valence-electron chi connectivity index (χ0n) is 23.9. The van der Waals surface area contributed by atoms with Gasteiger partial charge >= 0.3 is 13.7 Å². The molecule has 3 aromatic rings. The van der Waals surface area contributed by atoms with Crippen LogP contribution in [0.15, 0.2) is 36.7 Å². The zero-order valence-corrected chi connectivity index (χ0v) is 24.8. The Kier molecular flexibility index (Phi) is 8.18. The Labute approximate surface area is 242 Å². The number of para-hydroxylation sites is 1. The molecule has 4 heterocycles. The SMILES string of the molecule is CCOc1nc(N)nc2c1ncn2[C@@H]1O[C@@]2(COP(=O)(N[C@@H](C)C(=O)OC(C)C)Oc3ccccc3)CO[C@]1(C)[C@@H]2O. The minimum atomic E-state index is -4.24. The van der Waals surface area contributed by atoms with Gasteiger partial charge in [0, 0.05) is 0 Å². The van der Waals surface area contributed by atoms with Crippen LogP contribution in [-0.2, 0) is 28.1 Å². The number of aromatic nitrogens is 4. The molecule has 15 nitrogen and oxygen atoms in total. The number of aliphatic hydroxyl groups is 1. The summed E-state index contributed by atoms with van der Waals surface area (Å²) in [5, 5.41) is 14.1. The van der Waals surface area contributed by atoms with Gasteiger partial charge in [0.15, 0.2) is 17.4 Å². The fourth-order valence-corrected chi connectivity index (χ4v) is 6.48. The number of nitrogens with two attached hydrogens (primary N) is 1. The van der Waals surface area contributed by atoms with Gasteiger partial charge in [-0.05, 0) is 46.8 Å². The number of fused-ring (bicyclic) bond motifs is 3. The number of aliphatic hydroxyl groups excluding tert-OH is 1. The highest BCUT2D eigenvalue weighted by Crippen LogP contribution is 2.55. The van der Waals surface area contributed by atoms with Crippen LogP contribution in [-0.4, -0.2) is 79.9 Å². The highest BCUT2D eigenvalue weighted by molar-refractivity contribution is 7.52. The molecule has 4 N–H and O–H groups in total. The number of hydrogen-bond donors (Lipinski definition) is 3. The molecule has 2 aromatic heterocycles. The van der Waals surface area contributed by atoms with Gasteiger partial charge in [-0.2, -0.15) is 15.1 Å². The molecule has 0 amide bonds. The molecule has 1 unspecified atom stereocenters. The van der Waals surface area contributed by atoms with E-state index in [1.165, 1.54) is 13.3 Å². The summed E-state index contributed by atoms with van der Waals surface area (Å²) in [6.45, 7) is 8.21. The lowest BCUT2D eigenvalue weighted by Gasteiger charge is -2.34. The number of esters is 1. The Morgan fingerprint density at radius 2 is 2.02 bits per heavy atom. The number of benzene rings is 1. The number of ether oxygens (including phenoxy) is 4. The van der Waals surface area contributed by atoms with Gasteiger partial charge in [0.2, 0.25) is 11.8 Å². The third kappa shape index (κ3) is 5.55. The van der Waals surface area contributed by atoms with Gasteiger partial charge in [0.1, 0.15) is 29.1 Å². The summed E-state index contributed by atoms with van der Waals surface area (Å²) in [7, 11) is -4.24. The predicted octanol–water partition coefficient (Wildman–Crippen LogP) is 2.36. The first-order chi connectivity index (χ1) is 19.9. The maximum atomic E-state index is 14.0. The van der Waals surface area contributed by atoms with Crippen LogP contribution >= 0.6 is 7.75 Å². The molecule has 1 aromatic carbocycles. The second-order valence-corrected chi connectivity index (χ2v) is 12.3. The van der Waals surface area contributed by atoms with Crippen LogP contribution in [0.25, 0.3) is 11.2 Å². The molecule has 6 atom stereocenters. The van der Waals surface area contributed by atoms with Crippen molar-refractivity contribution in [1.29, 1.82) is 0 Å². The first-order valence-electron chi connectivity index (χ1n) is 13.5. The fraction of sp³-hybridized carbons (Fsp3) is 0.538. The minimum absolute atomic E-state index is 0.0318. The van der Waals surface area contributed by atoms with E-state index in [0.717, 1.165) is 0 Å². The van der Waals surface area contributed by atoms with Crippen LogP contribution in [0.1, 0.15) is 40.8 Å². The van der Waals surface area contributed by atoms with Crippen molar-refractivity contribution in [3.05, 3.63) is 36.7 Å². The van der Waals surface area contributed by atoms with E-state index in [1.807, 2.05) is 0 Å². The third-order valence-corrected chi connectivity index (χ3v) is 8.57. The van der Waals surface area contributed by atoms with E-state index in [1.54, 1.807) is 62.6 Å². The Hall–Kier alpha value is -3.33. The first-order valence-corrected chi connectivity index (χ1v) is 15.0. The lowest BCUT2D eigenvalue weighted by molar-refractivity contribution is -0.209. The smallest absolute Gasteiger partial charge is 0.459 e. The van der Waals surface area contributed by atoms with Crippen LogP contribution in [0.4, 0.5) is 5.95 Å². The van der Waals surface area contributed by atoms with Crippen LogP contribution in [0, 0.1) is 0 Å². The fourth-order valence-electron chi connectivity index (χ4n) is 4.93. The highest BCUT2D eigenvalue weighted by Gasteiger charge is 2.69. The van der Waals surface area contributed by atoms with Crippen LogP contribution in [0.3, 0.4) is 0 Å². The van der Waals surface area contributed by atoms with Crippen molar-refractivity contribution in [2.24, 2.45) is 0 Å². The van der Waals surface area contributed by atoms with Gasteiger partial charge in [-0.15, -0.1) is 0 Å². The molecule has 0 aliphatic carbocycles. The number of carbonyl (C=O) groups excluding carboxylic acids is 1. The quantitative estimate of drug-likeness (QED) is 0.201. The average Bonchev–Trinajstić information content (AvgIpc) is 3.53. The topological polar surface area (TPSA) is 191 Å². The van der Waals surface area contributed by atoms with Gasteiger partial charge in [0.05, 0.1) is 32.3 Å². The average molecular weight is 607 g/mol. The van der Waals surface area contributed by atoms with Crippen molar-refractivity contribution in [2.45, 2.75) is 70.3 Å². The summed E-state index contributed by atoms with van der Waals surface area (Å²) < 4.78 is 50.4. The zero-order chi connectivity index (χ0) is 30.3. The second-order valence-electron chi connectivity index (χ2n) is 10.6. The van der Waals surface area contributed by atoms with Crippen molar-refractivity contribution in [3.63, 3.8) is 0 Å². The summed E-state index contributed by atoms with van der Waals surface area (Å²) in [5.74, 6) is -0.226. The Morgan fingerprint density at radius 1 is 1.29 bits per heavy atom. The van der Waals surface area contributed by atoms with Crippen LogP contribution in [0.5, 0.6) is 11.6 Å². The summed E-state index contributed by atoms with van der Waals surface area (Å²) >= 11 is 0. The molecule has 0 radical (unpaired) electrons. The van der Waals surface area contributed by atoms with Gasteiger partial charge in [-0.25, -0.2) is 9.55 Å². The van der Waals surface area contributed by atoms with E-state index in [-0.39, 0.29) is 30.3 Å². The Balaban J connectivity index is 1.41. The van der Waals surface area contributed by atoms with Gasteiger partial charge in [-0.3, -0.25) is 13.9 Å². The number of rotatable bonds is 12. The molecular weight excluding hydrogens is 571 g/mol. The Morgan fingerprint density at radius 3 is 2.71 bits per heavy atom. The number of anilines is 1. The van der Waals surface area contributed by atoms with Crippen LogP contribution < -0.4 is 20.1 Å². The van der Waals surface area contributed by atoms with E-state index < -0.39 is 49.9 Å². The predicted molar refractivity (Wildman–Crippen MR) is 149 cm³/mol. The van der Waals surface area contributed by atoms with Crippen molar-refractivity contribution in [2.75, 3.05) is 25.6 Å². The number of hydrogen-bond acceptors (Lipinski definition) is 13. The van der Waals surface area contributed by atoms with E-state index in [4.69, 9.17) is 33.7 Å². The minimum Gasteiger partial charge on any atom is -0.476 e. The number of imidazole rings is 1. The van der Waals surface area contributed by atoms with E-state index in [0.29, 0.717) is 17.8 Å². The van der Waals surface area contributed by atoms with E-state index in [2.05, 4.69) is 20.0 Å². The largest absolute Gasteiger partial charge is 0.476 e. The molecule has 2 aliphatic rings. The normalized spacial score (nSPS) is 27.2. The molecule has 16 heteroatoms. The first kappa shape index (κ1) is 30.1. The molecule has 42 heavy (non-hydrogen) atoms. The summed E-state index contributed by atoms with van der Waals surface area (Å²) in [4.78, 5) is 25.3.